The zero-order chi connectivity index (χ0) is 17.7. The van der Waals surface area contributed by atoms with Gasteiger partial charge in [-0.15, -0.1) is 0 Å². The van der Waals surface area contributed by atoms with Crippen molar-refractivity contribution in [3.8, 4) is 5.75 Å². The highest BCUT2D eigenvalue weighted by molar-refractivity contribution is 5.36. The van der Waals surface area contributed by atoms with Gasteiger partial charge in [0.25, 0.3) is 5.79 Å². The Morgan fingerprint density at radius 1 is 0.833 bits per heavy atom. The Kier molecular flexibility index (Phi) is 5.84. The topological polar surface area (TPSA) is 29.5 Å². The molecule has 0 aliphatic carbocycles. The molecule has 1 unspecified atom stereocenters. The maximum absolute atomic E-state index is 11.6. The summed E-state index contributed by atoms with van der Waals surface area (Å²) in [7, 11) is 0. The fourth-order valence-electron chi connectivity index (χ4n) is 3.40. The van der Waals surface area contributed by atoms with Crippen LogP contribution in [-0.2, 0) is 5.79 Å². The Hall–Kier alpha value is -2.06. The maximum Gasteiger partial charge on any atom is 0.257 e. The van der Waals surface area contributed by atoms with Crippen molar-refractivity contribution in [1.29, 1.82) is 0 Å². The molecule has 2 nitrogen and oxygen atoms in total. The third-order valence-electron chi connectivity index (χ3n) is 4.36. The molecular formula is C22H28O2. The van der Waals surface area contributed by atoms with Gasteiger partial charge < -0.3 is 9.84 Å². The molecule has 0 saturated carbocycles. The van der Waals surface area contributed by atoms with E-state index in [-0.39, 0.29) is 0 Å². The molecule has 0 bridgehead atoms. The van der Waals surface area contributed by atoms with Crippen molar-refractivity contribution in [3.63, 3.8) is 0 Å². The van der Waals surface area contributed by atoms with E-state index in [1.165, 1.54) is 5.57 Å². The standard InChI is InChI=1S/C22H28O2/c1-16(2)21(17(3)4)18(5)22(23,19-12-8-6-9-13-19)24-20-14-10-7-11-15-20/h6-17,23H,1-5H3. The van der Waals surface area contributed by atoms with E-state index in [2.05, 4.69) is 27.7 Å². The molecule has 2 aromatic carbocycles. The number of hydrogen-bond donors (Lipinski definition) is 1. The lowest BCUT2D eigenvalue weighted by molar-refractivity contribution is -0.113. The van der Waals surface area contributed by atoms with E-state index in [1.807, 2.05) is 67.6 Å². The summed E-state index contributed by atoms with van der Waals surface area (Å²) in [5.74, 6) is -0.166. The number of hydrogen-bond acceptors (Lipinski definition) is 2. The molecule has 0 aromatic heterocycles. The Bertz CT molecular complexity index is 662. The molecule has 0 spiro atoms. The summed E-state index contributed by atoms with van der Waals surface area (Å²) in [4.78, 5) is 0. The molecule has 128 valence electrons. The first kappa shape index (κ1) is 18.3. The summed E-state index contributed by atoms with van der Waals surface area (Å²) in [6.45, 7) is 10.6. The van der Waals surface area contributed by atoms with Crippen molar-refractivity contribution in [1.82, 2.24) is 0 Å². The first-order chi connectivity index (χ1) is 11.4. The van der Waals surface area contributed by atoms with Gasteiger partial charge in [0, 0.05) is 11.1 Å². The summed E-state index contributed by atoms with van der Waals surface area (Å²) in [6.07, 6.45) is 0. The average Bonchev–Trinajstić information content (AvgIpc) is 2.55. The van der Waals surface area contributed by atoms with Crippen LogP contribution < -0.4 is 4.74 Å². The minimum Gasteiger partial charge on any atom is -0.454 e. The average molecular weight is 324 g/mol. The number of ether oxygens (including phenoxy) is 1. The van der Waals surface area contributed by atoms with Crippen LogP contribution in [-0.4, -0.2) is 5.11 Å². The fraction of sp³-hybridized carbons (Fsp3) is 0.364. The lowest BCUT2D eigenvalue weighted by Crippen LogP contribution is -2.36. The molecule has 0 radical (unpaired) electrons. The first-order valence-corrected chi connectivity index (χ1v) is 8.59. The zero-order valence-corrected chi connectivity index (χ0v) is 15.3. The Labute approximate surface area is 145 Å². The van der Waals surface area contributed by atoms with Gasteiger partial charge in [0.15, 0.2) is 0 Å². The van der Waals surface area contributed by atoms with Gasteiger partial charge in [-0.05, 0) is 30.9 Å². The van der Waals surface area contributed by atoms with Gasteiger partial charge in [0.2, 0.25) is 0 Å². The first-order valence-electron chi connectivity index (χ1n) is 8.59. The number of aliphatic hydroxyl groups is 1. The van der Waals surface area contributed by atoms with Gasteiger partial charge in [-0.3, -0.25) is 0 Å². The molecule has 0 aliphatic rings. The van der Waals surface area contributed by atoms with Crippen LogP contribution in [0, 0.1) is 11.8 Å². The van der Waals surface area contributed by atoms with Crippen molar-refractivity contribution >= 4 is 0 Å². The second-order valence-corrected chi connectivity index (χ2v) is 6.81. The van der Waals surface area contributed by atoms with E-state index in [9.17, 15) is 5.11 Å². The van der Waals surface area contributed by atoms with Crippen LogP contribution in [0.1, 0.15) is 40.2 Å². The molecular weight excluding hydrogens is 296 g/mol. The van der Waals surface area contributed by atoms with Crippen LogP contribution in [0.3, 0.4) is 0 Å². The van der Waals surface area contributed by atoms with Gasteiger partial charge in [0.1, 0.15) is 5.75 Å². The molecule has 2 aromatic rings. The second kappa shape index (κ2) is 7.67. The molecule has 0 aliphatic heterocycles. The maximum atomic E-state index is 11.6. The van der Waals surface area contributed by atoms with Crippen molar-refractivity contribution in [2.45, 2.75) is 40.4 Å². The van der Waals surface area contributed by atoms with E-state index in [0.717, 1.165) is 11.1 Å². The van der Waals surface area contributed by atoms with E-state index in [0.29, 0.717) is 17.6 Å². The third kappa shape index (κ3) is 3.88. The van der Waals surface area contributed by atoms with E-state index < -0.39 is 5.79 Å². The van der Waals surface area contributed by atoms with Crippen molar-refractivity contribution in [2.75, 3.05) is 0 Å². The second-order valence-electron chi connectivity index (χ2n) is 6.81. The van der Waals surface area contributed by atoms with Gasteiger partial charge in [-0.1, -0.05) is 81.8 Å². The van der Waals surface area contributed by atoms with Crippen LogP contribution >= 0.6 is 0 Å². The minimum absolute atomic E-state index is 0.333. The van der Waals surface area contributed by atoms with E-state index >= 15 is 0 Å². The summed E-state index contributed by atoms with van der Waals surface area (Å²) >= 11 is 0. The molecule has 0 amide bonds. The Morgan fingerprint density at radius 3 is 1.75 bits per heavy atom. The number of para-hydroxylation sites is 1. The molecule has 0 saturated heterocycles. The smallest absolute Gasteiger partial charge is 0.257 e. The predicted octanol–water partition coefficient (Wildman–Crippen LogP) is 5.54. The molecule has 1 N–H and O–H groups in total. The minimum atomic E-state index is -1.48. The van der Waals surface area contributed by atoms with Crippen molar-refractivity contribution in [3.05, 3.63) is 77.4 Å². The van der Waals surface area contributed by atoms with Crippen LogP contribution in [0.4, 0.5) is 0 Å². The predicted molar refractivity (Wildman–Crippen MR) is 99.8 cm³/mol. The zero-order valence-electron chi connectivity index (χ0n) is 15.3. The third-order valence-corrected chi connectivity index (χ3v) is 4.36. The molecule has 2 heteroatoms. The number of benzene rings is 2. The van der Waals surface area contributed by atoms with Crippen LogP contribution in [0.15, 0.2) is 71.8 Å². The summed E-state index contributed by atoms with van der Waals surface area (Å²) in [5, 5.41) is 11.6. The van der Waals surface area contributed by atoms with Crippen LogP contribution in [0.2, 0.25) is 0 Å². The van der Waals surface area contributed by atoms with E-state index in [4.69, 9.17) is 4.74 Å². The summed E-state index contributed by atoms with van der Waals surface area (Å²) < 4.78 is 6.13. The van der Waals surface area contributed by atoms with Gasteiger partial charge in [-0.25, -0.2) is 0 Å². The monoisotopic (exact) mass is 324 g/mol. The summed E-state index contributed by atoms with van der Waals surface area (Å²) in [5.41, 5.74) is 2.82. The van der Waals surface area contributed by atoms with Crippen molar-refractivity contribution in [2.24, 2.45) is 11.8 Å². The normalized spacial score (nSPS) is 13.7. The fourth-order valence-corrected chi connectivity index (χ4v) is 3.40. The van der Waals surface area contributed by atoms with Crippen molar-refractivity contribution < 1.29 is 9.84 Å². The lowest BCUT2D eigenvalue weighted by Gasteiger charge is -2.34. The van der Waals surface area contributed by atoms with Gasteiger partial charge >= 0.3 is 0 Å². The van der Waals surface area contributed by atoms with Gasteiger partial charge in [0.05, 0.1) is 0 Å². The lowest BCUT2D eigenvalue weighted by atomic mass is 9.83. The number of rotatable bonds is 6. The van der Waals surface area contributed by atoms with Crippen LogP contribution in [0.25, 0.3) is 0 Å². The SMILES string of the molecule is CC(=C(C(C)C)C(C)C)C(O)(Oc1ccccc1)c1ccccc1. The highest BCUT2D eigenvalue weighted by atomic mass is 16.6. The summed E-state index contributed by atoms with van der Waals surface area (Å²) in [6, 6.07) is 19.1. The molecule has 24 heavy (non-hydrogen) atoms. The largest absolute Gasteiger partial charge is 0.454 e. The highest BCUT2D eigenvalue weighted by Gasteiger charge is 2.37. The van der Waals surface area contributed by atoms with E-state index in [1.54, 1.807) is 0 Å². The Morgan fingerprint density at radius 2 is 1.29 bits per heavy atom. The molecule has 0 heterocycles. The quantitative estimate of drug-likeness (QED) is 0.558. The highest BCUT2D eigenvalue weighted by Crippen LogP contribution is 2.37. The molecule has 0 fully saturated rings. The Balaban J connectivity index is 2.61. The van der Waals surface area contributed by atoms with Gasteiger partial charge in [-0.2, -0.15) is 0 Å². The number of allylic oxidation sites excluding steroid dienone is 1. The molecule has 2 rings (SSSR count). The van der Waals surface area contributed by atoms with Crippen LogP contribution in [0.5, 0.6) is 5.75 Å². The molecule has 1 atom stereocenters.